The largest absolute Gasteiger partial charge is 0.375 e. The molecular formula is C9H16INO. The Morgan fingerprint density at radius 3 is 2.75 bits per heavy atom. The number of alkyl halides is 1. The third-order valence-electron chi connectivity index (χ3n) is 2.95. The Morgan fingerprint density at radius 1 is 1.33 bits per heavy atom. The van der Waals surface area contributed by atoms with Crippen molar-refractivity contribution in [1.82, 2.24) is 5.32 Å². The highest BCUT2D eigenvalue weighted by molar-refractivity contribution is 14.1. The van der Waals surface area contributed by atoms with Gasteiger partial charge in [0, 0.05) is 10.5 Å². The third kappa shape index (κ3) is 1.93. The number of nitrogens with one attached hydrogen (secondary N) is 1. The first-order chi connectivity index (χ1) is 5.81. The molecule has 0 bridgehead atoms. The second-order valence-electron chi connectivity index (χ2n) is 3.87. The lowest BCUT2D eigenvalue weighted by Crippen LogP contribution is -2.48. The molecule has 0 aliphatic carbocycles. The zero-order valence-corrected chi connectivity index (χ0v) is 9.47. The minimum atomic E-state index is 0.259. The minimum absolute atomic E-state index is 0.259. The van der Waals surface area contributed by atoms with Crippen molar-refractivity contribution in [2.45, 2.75) is 35.2 Å². The molecule has 70 valence electrons. The van der Waals surface area contributed by atoms with Gasteiger partial charge < -0.3 is 10.1 Å². The topological polar surface area (TPSA) is 21.3 Å². The molecule has 2 rings (SSSR count). The van der Waals surface area contributed by atoms with Crippen LogP contribution in [-0.4, -0.2) is 29.2 Å². The smallest absolute Gasteiger partial charge is 0.0716 e. The van der Waals surface area contributed by atoms with Crippen molar-refractivity contribution >= 4 is 22.6 Å². The summed E-state index contributed by atoms with van der Waals surface area (Å²) in [6.45, 7) is 3.26. The molecule has 0 saturated carbocycles. The zero-order valence-electron chi connectivity index (χ0n) is 7.31. The van der Waals surface area contributed by atoms with Crippen LogP contribution in [0.4, 0.5) is 0 Å². The van der Waals surface area contributed by atoms with Gasteiger partial charge in [-0.15, -0.1) is 0 Å². The summed E-state index contributed by atoms with van der Waals surface area (Å²) in [5.41, 5.74) is 0.259. The van der Waals surface area contributed by atoms with Crippen LogP contribution in [-0.2, 0) is 4.74 Å². The third-order valence-corrected chi connectivity index (χ3v) is 4.01. The molecule has 0 aromatic rings. The van der Waals surface area contributed by atoms with E-state index in [0.717, 1.165) is 23.6 Å². The lowest BCUT2D eigenvalue weighted by molar-refractivity contribution is -0.0914. The average Bonchev–Trinajstić information content (AvgIpc) is 2.05. The van der Waals surface area contributed by atoms with Crippen LogP contribution in [0.1, 0.15) is 25.7 Å². The highest BCUT2D eigenvalue weighted by atomic mass is 127. The summed E-state index contributed by atoms with van der Waals surface area (Å²) >= 11 is 2.57. The molecule has 1 spiro atoms. The van der Waals surface area contributed by atoms with E-state index in [9.17, 15) is 0 Å². The number of halogens is 1. The van der Waals surface area contributed by atoms with Crippen LogP contribution in [0.3, 0.4) is 0 Å². The van der Waals surface area contributed by atoms with Gasteiger partial charge in [0.05, 0.1) is 5.60 Å². The second-order valence-corrected chi connectivity index (χ2v) is 5.63. The fourth-order valence-corrected chi connectivity index (χ4v) is 3.26. The maximum Gasteiger partial charge on any atom is 0.0716 e. The minimum Gasteiger partial charge on any atom is -0.375 e. The van der Waals surface area contributed by atoms with Gasteiger partial charge >= 0.3 is 0 Å². The highest BCUT2D eigenvalue weighted by Gasteiger charge is 2.37. The molecule has 2 aliphatic rings. The normalized spacial score (nSPS) is 35.2. The molecule has 2 aliphatic heterocycles. The Morgan fingerprint density at radius 2 is 2.08 bits per heavy atom. The first-order valence-electron chi connectivity index (χ1n) is 4.80. The Kier molecular flexibility index (Phi) is 2.92. The van der Waals surface area contributed by atoms with E-state index in [1.165, 1.54) is 25.7 Å². The molecule has 1 unspecified atom stereocenters. The van der Waals surface area contributed by atoms with Crippen LogP contribution in [0.2, 0.25) is 0 Å². The summed E-state index contributed by atoms with van der Waals surface area (Å²) in [5, 5.41) is 3.39. The van der Waals surface area contributed by atoms with E-state index >= 15 is 0 Å². The van der Waals surface area contributed by atoms with E-state index in [-0.39, 0.29) is 5.60 Å². The highest BCUT2D eigenvalue weighted by Crippen LogP contribution is 2.35. The van der Waals surface area contributed by atoms with Gasteiger partial charge in [-0.3, -0.25) is 0 Å². The number of hydrogen-bond donors (Lipinski definition) is 1. The van der Waals surface area contributed by atoms with Crippen molar-refractivity contribution in [1.29, 1.82) is 0 Å². The molecule has 3 heteroatoms. The van der Waals surface area contributed by atoms with Crippen LogP contribution < -0.4 is 5.32 Å². The molecular weight excluding hydrogens is 265 g/mol. The predicted octanol–water partition coefficient (Wildman–Crippen LogP) is 1.72. The average molecular weight is 281 g/mol. The second kappa shape index (κ2) is 3.80. The lowest BCUT2D eigenvalue weighted by atomic mass is 9.85. The zero-order chi connectivity index (χ0) is 8.44. The first kappa shape index (κ1) is 9.21. The molecule has 2 nitrogen and oxygen atoms in total. The van der Waals surface area contributed by atoms with Gasteiger partial charge in [-0.1, -0.05) is 22.6 Å². The van der Waals surface area contributed by atoms with Crippen LogP contribution in [0, 0.1) is 0 Å². The fraction of sp³-hybridized carbons (Fsp3) is 1.00. The van der Waals surface area contributed by atoms with Gasteiger partial charge in [0.1, 0.15) is 0 Å². The Hall–Kier alpha value is 0.650. The van der Waals surface area contributed by atoms with E-state index in [4.69, 9.17) is 4.74 Å². The summed E-state index contributed by atoms with van der Waals surface area (Å²) in [4.78, 5) is 0. The van der Waals surface area contributed by atoms with Crippen molar-refractivity contribution in [2.75, 3.05) is 19.7 Å². The van der Waals surface area contributed by atoms with Crippen molar-refractivity contribution in [3.8, 4) is 0 Å². The quantitative estimate of drug-likeness (QED) is 0.539. The van der Waals surface area contributed by atoms with Crippen LogP contribution >= 0.6 is 22.6 Å². The molecule has 2 fully saturated rings. The molecule has 0 radical (unpaired) electrons. The summed E-state index contributed by atoms with van der Waals surface area (Å²) in [6.07, 6.45) is 4.95. The monoisotopic (exact) mass is 281 g/mol. The van der Waals surface area contributed by atoms with Gasteiger partial charge in [-0.25, -0.2) is 0 Å². The summed E-state index contributed by atoms with van der Waals surface area (Å²) < 4.78 is 6.77. The SMILES string of the molecule is IC1CCOC2(CCNCC2)C1. The maximum atomic E-state index is 5.93. The lowest BCUT2D eigenvalue weighted by Gasteiger charge is -2.42. The van der Waals surface area contributed by atoms with Gasteiger partial charge in [0.25, 0.3) is 0 Å². The molecule has 0 aromatic heterocycles. The molecule has 2 heterocycles. The van der Waals surface area contributed by atoms with Crippen molar-refractivity contribution in [3.05, 3.63) is 0 Å². The molecule has 0 aromatic carbocycles. The van der Waals surface area contributed by atoms with E-state index < -0.39 is 0 Å². The first-order valence-corrected chi connectivity index (χ1v) is 6.04. The van der Waals surface area contributed by atoms with Gasteiger partial charge in [-0.2, -0.15) is 0 Å². The molecule has 1 N–H and O–H groups in total. The Bertz CT molecular complexity index is 151. The van der Waals surface area contributed by atoms with Gasteiger partial charge in [-0.05, 0) is 38.8 Å². The summed E-state index contributed by atoms with van der Waals surface area (Å²) in [7, 11) is 0. The van der Waals surface area contributed by atoms with Crippen LogP contribution in [0.25, 0.3) is 0 Å². The standard InChI is InChI=1S/C9H16INO/c10-8-1-6-12-9(7-8)2-4-11-5-3-9/h8,11H,1-7H2. The van der Waals surface area contributed by atoms with Crippen molar-refractivity contribution < 1.29 is 4.74 Å². The Balaban J connectivity index is 1.97. The van der Waals surface area contributed by atoms with Crippen molar-refractivity contribution in [3.63, 3.8) is 0 Å². The van der Waals surface area contributed by atoms with Gasteiger partial charge in [0.15, 0.2) is 0 Å². The molecule has 12 heavy (non-hydrogen) atoms. The number of hydrogen-bond acceptors (Lipinski definition) is 2. The molecule has 1 atom stereocenters. The Labute approximate surface area is 87.6 Å². The number of piperidine rings is 1. The fourth-order valence-electron chi connectivity index (χ4n) is 2.20. The van der Waals surface area contributed by atoms with E-state index in [2.05, 4.69) is 27.9 Å². The number of ether oxygens (including phenoxy) is 1. The predicted molar refractivity (Wildman–Crippen MR) is 57.8 cm³/mol. The summed E-state index contributed by atoms with van der Waals surface area (Å²) in [6, 6.07) is 0. The number of rotatable bonds is 0. The van der Waals surface area contributed by atoms with Crippen LogP contribution in [0.15, 0.2) is 0 Å². The van der Waals surface area contributed by atoms with E-state index in [0.29, 0.717) is 0 Å². The molecule has 2 saturated heterocycles. The van der Waals surface area contributed by atoms with Crippen LogP contribution in [0.5, 0.6) is 0 Å². The van der Waals surface area contributed by atoms with E-state index in [1.807, 2.05) is 0 Å². The summed E-state index contributed by atoms with van der Waals surface area (Å²) in [5.74, 6) is 0. The van der Waals surface area contributed by atoms with Gasteiger partial charge in [0.2, 0.25) is 0 Å². The van der Waals surface area contributed by atoms with E-state index in [1.54, 1.807) is 0 Å². The molecule has 0 amide bonds. The van der Waals surface area contributed by atoms with Crippen molar-refractivity contribution in [2.24, 2.45) is 0 Å². The maximum absolute atomic E-state index is 5.93.